The highest BCUT2D eigenvalue weighted by molar-refractivity contribution is 7.13. The summed E-state index contributed by atoms with van der Waals surface area (Å²) in [6.07, 6.45) is 3.21. The number of aliphatic hydroxyl groups is 2. The maximum atomic E-state index is 13.9. The molecule has 39 heavy (non-hydrogen) atoms. The first kappa shape index (κ1) is 29.1. The monoisotopic (exact) mass is 552 g/mol. The standard InChI is InChI=1S/C30H40N4O4S/c1-18(2)27(34-14-23(13-32-34)30(4,5)6)29(38)33-15-24(36)12-25(33)26(37)11-22(16-35)20-7-9-21(10-8-20)28-19(3)31-17-39-28/h7-10,13-14,17-18,22,24-25,27,35-36H,11-12,15-16H2,1-6H3. The van der Waals surface area contributed by atoms with Crippen molar-refractivity contribution in [3.05, 3.63) is 59.0 Å². The number of ketones is 1. The molecule has 4 atom stereocenters. The Morgan fingerprint density at radius 2 is 1.87 bits per heavy atom. The van der Waals surface area contributed by atoms with Gasteiger partial charge < -0.3 is 15.1 Å². The van der Waals surface area contributed by atoms with Crippen molar-refractivity contribution < 1.29 is 19.8 Å². The molecule has 4 rings (SSSR count). The number of amides is 1. The van der Waals surface area contributed by atoms with E-state index in [1.165, 1.54) is 4.90 Å². The third kappa shape index (κ3) is 6.31. The minimum atomic E-state index is -0.770. The lowest BCUT2D eigenvalue weighted by Crippen LogP contribution is -2.46. The van der Waals surface area contributed by atoms with Crippen LogP contribution in [-0.4, -0.2) is 66.9 Å². The van der Waals surface area contributed by atoms with Gasteiger partial charge in [-0.05, 0) is 34.9 Å². The van der Waals surface area contributed by atoms with E-state index >= 15 is 0 Å². The normalized spacial score (nSPS) is 19.5. The van der Waals surface area contributed by atoms with E-state index < -0.39 is 24.1 Å². The number of Topliss-reactive ketones (excluding diaryl/α,β-unsaturated/α-hetero) is 1. The molecule has 210 valence electrons. The van der Waals surface area contributed by atoms with Crippen LogP contribution in [0.25, 0.3) is 10.4 Å². The van der Waals surface area contributed by atoms with Crippen LogP contribution in [-0.2, 0) is 15.0 Å². The number of rotatable bonds is 9. The molecule has 1 aliphatic rings. The van der Waals surface area contributed by atoms with Gasteiger partial charge in [-0.25, -0.2) is 4.98 Å². The summed E-state index contributed by atoms with van der Waals surface area (Å²) in [4.78, 5) is 34.4. The molecule has 4 unspecified atom stereocenters. The zero-order valence-electron chi connectivity index (χ0n) is 23.7. The van der Waals surface area contributed by atoms with E-state index in [0.29, 0.717) is 0 Å². The van der Waals surface area contributed by atoms with Crippen LogP contribution in [0.2, 0.25) is 0 Å². The maximum absolute atomic E-state index is 13.9. The molecule has 0 spiro atoms. The second-order valence-electron chi connectivity index (χ2n) is 12.0. The molecule has 3 heterocycles. The van der Waals surface area contributed by atoms with Crippen LogP contribution >= 0.6 is 11.3 Å². The molecule has 9 heteroatoms. The van der Waals surface area contributed by atoms with Crippen molar-refractivity contribution in [2.24, 2.45) is 5.92 Å². The van der Waals surface area contributed by atoms with Crippen LogP contribution in [0.5, 0.6) is 0 Å². The SMILES string of the molecule is Cc1ncsc1-c1ccc(C(CO)CC(=O)C2CC(O)CN2C(=O)C(C(C)C)n2cc(C(C)(C)C)cn2)cc1. The Hall–Kier alpha value is -2.88. The van der Waals surface area contributed by atoms with Crippen LogP contribution in [0.3, 0.4) is 0 Å². The molecule has 0 bridgehead atoms. The molecule has 1 aliphatic heterocycles. The molecular weight excluding hydrogens is 512 g/mol. The molecule has 8 nitrogen and oxygen atoms in total. The van der Waals surface area contributed by atoms with Gasteiger partial charge in [-0.15, -0.1) is 11.3 Å². The van der Waals surface area contributed by atoms with Crippen LogP contribution in [0.15, 0.2) is 42.2 Å². The molecule has 3 aromatic rings. The third-order valence-electron chi connectivity index (χ3n) is 7.63. The van der Waals surface area contributed by atoms with Crippen molar-refractivity contribution in [1.82, 2.24) is 19.7 Å². The molecule has 0 aliphatic carbocycles. The minimum Gasteiger partial charge on any atom is -0.396 e. The summed E-state index contributed by atoms with van der Waals surface area (Å²) in [5.41, 5.74) is 5.61. The van der Waals surface area contributed by atoms with E-state index in [1.54, 1.807) is 22.2 Å². The van der Waals surface area contributed by atoms with Crippen molar-refractivity contribution in [1.29, 1.82) is 0 Å². The Bertz CT molecular complexity index is 1290. The van der Waals surface area contributed by atoms with Crippen molar-refractivity contribution in [2.45, 2.75) is 83.9 Å². The molecule has 2 N–H and O–H groups in total. The molecule has 1 saturated heterocycles. The summed E-state index contributed by atoms with van der Waals surface area (Å²) in [7, 11) is 0. The van der Waals surface area contributed by atoms with E-state index in [9.17, 15) is 19.8 Å². The fourth-order valence-corrected chi connectivity index (χ4v) is 6.08. The number of thiazole rings is 1. The van der Waals surface area contributed by atoms with Gasteiger partial charge in [0.1, 0.15) is 6.04 Å². The predicted octanol–water partition coefficient (Wildman–Crippen LogP) is 4.51. The number of aryl methyl sites for hydroxylation is 1. The Labute approximate surface area is 234 Å². The highest BCUT2D eigenvalue weighted by atomic mass is 32.1. The highest BCUT2D eigenvalue weighted by Crippen LogP contribution is 2.32. The fourth-order valence-electron chi connectivity index (χ4n) is 5.27. The number of hydrogen-bond donors (Lipinski definition) is 2. The number of β-amino-alcohol motifs (C(OH)–C–C–N with tert-alkyl or cyclic N) is 1. The molecular formula is C30H40N4O4S. The second kappa shape index (κ2) is 11.7. The lowest BCUT2D eigenvalue weighted by molar-refractivity contribution is -0.142. The zero-order valence-corrected chi connectivity index (χ0v) is 24.5. The smallest absolute Gasteiger partial charge is 0.248 e. The molecule has 1 aromatic carbocycles. The van der Waals surface area contributed by atoms with Gasteiger partial charge in [-0.3, -0.25) is 14.3 Å². The average Bonchev–Trinajstić information content (AvgIpc) is 3.62. The summed E-state index contributed by atoms with van der Waals surface area (Å²) in [5, 5.41) is 25.2. The number of carbonyl (C=O) groups is 2. The van der Waals surface area contributed by atoms with E-state index in [-0.39, 0.29) is 49.0 Å². The molecule has 1 amide bonds. The van der Waals surface area contributed by atoms with Gasteiger partial charge in [0, 0.05) is 31.5 Å². The first-order valence-corrected chi connectivity index (χ1v) is 14.5. The molecule has 0 saturated carbocycles. The molecule has 2 aromatic heterocycles. The van der Waals surface area contributed by atoms with Gasteiger partial charge in [0.2, 0.25) is 5.91 Å². The maximum Gasteiger partial charge on any atom is 0.248 e. The van der Waals surface area contributed by atoms with Gasteiger partial charge in [-0.2, -0.15) is 5.10 Å². The Kier molecular flexibility index (Phi) is 8.73. The van der Waals surface area contributed by atoms with Crippen LogP contribution in [0.4, 0.5) is 0 Å². The summed E-state index contributed by atoms with van der Waals surface area (Å²) in [6, 6.07) is 6.53. The lowest BCUT2D eigenvalue weighted by atomic mass is 9.90. The number of carbonyl (C=O) groups excluding carboxylic acids is 2. The number of aliphatic hydroxyl groups excluding tert-OH is 2. The number of benzene rings is 1. The highest BCUT2D eigenvalue weighted by Gasteiger charge is 2.42. The number of aromatic nitrogens is 3. The Morgan fingerprint density at radius 1 is 1.18 bits per heavy atom. The van der Waals surface area contributed by atoms with E-state index in [2.05, 4.69) is 30.9 Å². The van der Waals surface area contributed by atoms with E-state index in [1.807, 2.05) is 56.7 Å². The van der Waals surface area contributed by atoms with Crippen LogP contribution < -0.4 is 0 Å². The largest absolute Gasteiger partial charge is 0.396 e. The van der Waals surface area contributed by atoms with Crippen molar-refractivity contribution in [2.75, 3.05) is 13.2 Å². The van der Waals surface area contributed by atoms with Crippen LogP contribution in [0, 0.1) is 12.8 Å². The van der Waals surface area contributed by atoms with Gasteiger partial charge in [0.25, 0.3) is 0 Å². The Balaban J connectivity index is 1.51. The number of likely N-dealkylation sites (tertiary alicyclic amines) is 1. The molecule has 0 radical (unpaired) electrons. The van der Waals surface area contributed by atoms with Gasteiger partial charge >= 0.3 is 0 Å². The van der Waals surface area contributed by atoms with Gasteiger partial charge in [-0.1, -0.05) is 58.9 Å². The number of hydrogen-bond acceptors (Lipinski definition) is 7. The summed E-state index contributed by atoms with van der Waals surface area (Å²) in [5.74, 6) is -0.831. The third-order valence-corrected chi connectivity index (χ3v) is 8.61. The van der Waals surface area contributed by atoms with Crippen LogP contribution in [0.1, 0.15) is 76.2 Å². The zero-order chi connectivity index (χ0) is 28.5. The van der Waals surface area contributed by atoms with Crippen molar-refractivity contribution in [3.63, 3.8) is 0 Å². The quantitative estimate of drug-likeness (QED) is 0.405. The van der Waals surface area contributed by atoms with E-state index in [0.717, 1.165) is 27.3 Å². The number of nitrogens with zero attached hydrogens (tertiary/aromatic N) is 4. The fraction of sp³-hybridized carbons (Fsp3) is 0.533. The summed E-state index contributed by atoms with van der Waals surface area (Å²) < 4.78 is 1.70. The summed E-state index contributed by atoms with van der Waals surface area (Å²) in [6.45, 7) is 12.1. The van der Waals surface area contributed by atoms with Gasteiger partial charge in [0.05, 0.1) is 41.0 Å². The first-order valence-electron chi connectivity index (χ1n) is 13.6. The van der Waals surface area contributed by atoms with Crippen molar-refractivity contribution >= 4 is 23.0 Å². The predicted molar refractivity (Wildman–Crippen MR) is 153 cm³/mol. The topological polar surface area (TPSA) is 109 Å². The second-order valence-corrected chi connectivity index (χ2v) is 12.8. The Morgan fingerprint density at radius 3 is 2.41 bits per heavy atom. The summed E-state index contributed by atoms with van der Waals surface area (Å²) >= 11 is 1.58. The minimum absolute atomic E-state index is 0.0652. The average molecular weight is 553 g/mol. The first-order chi connectivity index (χ1) is 18.4. The molecule has 1 fully saturated rings. The van der Waals surface area contributed by atoms with Gasteiger partial charge in [0.15, 0.2) is 5.78 Å². The van der Waals surface area contributed by atoms with E-state index in [4.69, 9.17) is 0 Å². The lowest BCUT2D eigenvalue weighted by Gasteiger charge is -2.30. The van der Waals surface area contributed by atoms with Crippen molar-refractivity contribution in [3.8, 4) is 10.4 Å².